The molecule has 3 heterocycles. The van der Waals surface area contributed by atoms with Crippen LogP contribution in [0.15, 0.2) is 64.3 Å². The number of carbonyl (C=O) groups excluding carboxylic acids is 1. The lowest BCUT2D eigenvalue weighted by atomic mass is 10.1. The lowest BCUT2D eigenvalue weighted by molar-refractivity contribution is -0.125. The lowest BCUT2D eigenvalue weighted by Gasteiger charge is -2.13. The lowest BCUT2D eigenvalue weighted by Crippen LogP contribution is -2.34. The number of hydrogen-bond acceptors (Lipinski definition) is 5. The van der Waals surface area contributed by atoms with Gasteiger partial charge in [-0.2, -0.15) is 5.10 Å². The Morgan fingerprint density at radius 2 is 2.16 bits per heavy atom. The van der Waals surface area contributed by atoms with Crippen molar-refractivity contribution in [3.8, 4) is 11.5 Å². The molecule has 7 nitrogen and oxygen atoms in total. The van der Waals surface area contributed by atoms with Crippen LogP contribution in [0, 0.1) is 5.92 Å². The highest BCUT2D eigenvalue weighted by Crippen LogP contribution is 2.15. The smallest absolute Gasteiger partial charge is 0.266 e. The zero-order chi connectivity index (χ0) is 17.6. The number of amides is 1. The Morgan fingerprint density at radius 3 is 2.88 bits per heavy atom. The van der Waals surface area contributed by atoms with Gasteiger partial charge in [0, 0.05) is 25.0 Å². The second-order valence-electron chi connectivity index (χ2n) is 5.70. The van der Waals surface area contributed by atoms with Gasteiger partial charge in [-0.1, -0.05) is 13.0 Å². The molecule has 128 valence electrons. The third kappa shape index (κ3) is 4.20. The summed E-state index contributed by atoms with van der Waals surface area (Å²) in [6.07, 6.45) is 4.92. The number of rotatable bonds is 6. The van der Waals surface area contributed by atoms with E-state index >= 15 is 0 Å². The van der Waals surface area contributed by atoms with E-state index in [1.807, 2.05) is 12.1 Å². The van der Waals surface area contributed by atoms with E-state index in [0.717, 1.165) is 5.56 Å². The molecule has 3 aromatic rings. The van der Waals surface area contributed by atoms with E-state index in [2.05, 4.69) is 15.4 Å². The van der Waals surface area contributed by atoms with Crippen molar-refractivity contribution in [1.82, 2.24) is 20.1 Å². The van der Waals surface area contributed by atoms with Gasteiger partial charge < -0.3 is 9.73 Å². The van der Waals surface area contributed by atoms with Crippen molar-refractivity contribution in [3.63, 3.8) is 0 Å². The first-order valence-electron chi connectivity index (χ1n) is 7.92. The average molecular weight is 338 g/mol. The fraction of sp³-hybridized carbons (Fsp3) is 0.222. The number of carbonyl (C=O) groups is 1. The second kappa shape index (κ2) is 7.57. The molecule has 0 fully saturated rings. The summed E-state index contributed by atoms with van der Waals surface area (Å²) in [5.74, 6) is 0.0112. The first kappa shape index (κ1) is 16.6. The number of nitrogens with one attached hydrogen (secondary N) is 1. The number of furan rings is 1. The third-order valence-corrected chi connectivity index (χ3v) is 3.72. The summed E-state index contributed by atoms with van der Waals surface area (Å²) in [6, 6.07) is 10.2. The van der Waals surface area contributed by atoms with Crippen LogP contribution in [0.3, 0.4) is 0 Å². The Hall–Kier alpha value is -3.22. The highest BCUT2D eigenvalue weighted by molar-refractivity contribution is 5.78. The molecule has 3 aromatic heterocycles. The van der Waals surface area contributed by atoms with Crippen molar-refractivity contribution in [1.29, 1.82) is 0 Å². The second-order valence-corrected chi connectivity index (χ2v) is 5.70. The molecule has 0 aliphatic heterocycles. The maximum absolute atomic E-state index is 12.3. The molecule has 0 aliphatic carbocycles. The Labute approximate surface area is 144 Å². The fourth-order valence-electron chi connectivity index (χ4n) is 2.34. The molecule has 0 unspecified atom stereocenters. The molecule has 0 bridgehead atoms. The van der Waals surface area contributed by atoms with Crippen LogP contribution < -0.4 is 10.9 Å². The summed E-state index contributed by atoms with van der Waals surface area (Å²) in [7, 11) is 0. The van der Waals surface area contributed by atoms with Gasteiger partial charge in [0.2, 0.25) is 5.91 Å². The number of hydrogen-bond donors (Lipinski definition) is 1. The van der Waals surface area contributed by atoms with Gasteiger partial charge in [-0.25, -0.2) is 4.68 Å². The summed E-state index contributed by atoms with van der Waals surface area (Å²) in [5, 5.41) is 7.12. The van der Waals surface area contributed by atoms with Gasteiger partial charge in [-0.15, -0.1) is 0 Å². The Morgan fingerprint density at radius 1 is 1.28 bits per heavy atom. The Bertz CT molecular complexity index is 888. The first-order valence-corrected chi connectivity index (χ1v) is 7.92. The zero-order valence-corrected chi connectivity index (χ0v) is 13.8. The van der Waals surface area contributed by atoms with Gasteiger partial charge in [-0.3, -0.25) is 14.6 Å². The van der Waals surface area contributed by atoms with Gasteiger partial charge in [0.05, 0.1) is 18.7 Å². The van der Waals surface area contributed by atoms with Crippen molar-refractivity contribution in [3.05, 3.63) is 71.0 Å². The first-order chi connectivity index (χ1) is 12.1. The number of nitrogens with zero attached hydrogens (tertiary/aromatic N) is 3. The van der Waals surface area contributed by atoms with Crippen LogP contribution in [0.1, 0.15) is 12.5 Å². The molecule has 0 radical (unpaired) electrons. The molecule has 25 heavy (non-hydrogen) atoms. The maximum Gasteiger partial charge on any atom is 0.266 e. The highest BCUT2D eigenvalue weighted by Gasteiger charge is 2.15. The molecule has 0 saturated carbocycles. The Kier molecular flexibility index (Phi) is 5.03. The van der Waals surface area contributed by atoms with E-state index in [-0.39, 0.29) is 18.0 Å². The van der Waals surface area contributed by atoms with Crippen LogP contribution >= 0.6 is 0 Å². The zero-order valence-electron chi connectivity index (χ0n) is 13.8. The predicted molar refractivity (Wildman–Crippen MR) is 91.4 cm³/mol. The van der Waals surface area contributed by atoms with Crippen molar-refractivity contribution >= 4 is 5.91 Å². The van der Waals surface area contributed by atoms with E-state index in [0.29, 0.717) is 18.0 Å². The van der Waals surface area contributed by atoms with Crippen LogP contribution in [0.4, 0.5) is 0 Å². The van der Waals surface area contributed by atoms with E-state index in [4.69, 9.17) is 4.42 Å². The molecule has 0 aromatic carbocycles. The van der Waals surface area contributed by atoms with Crippen LogP contribution in [0.2, 0.25) is 0 Å². The molecule has 0 saturated heterocycles. The molecule has 0 aliphatic rings. The van der Waals surface area contributed by atoms with Crippen LogP contribution in [0.5, 0.6) is 0 Å². The fourth-order valence-corrected chi connectivity index (χ4v) is 2.34. The molecule has 1 amide bonds. The van der Waals surface area contributed by atoms with Crippen molar-refractivity contribution in [2.24, 2.45) is 5.92 Å². The standard InChI is InChI=1S/C18H18N4O3/c1-13(18(24)20-11-14-4-2-8-19-10-14)12-22-17(23)7-6-15(21-22)16-5-3-9-25-16/h2-10,13H,11-12H2,1H3,(H,20,24)/t13-/m0/s1. The van der Waals surface area contributed by atoms with Gasteiger partial charge in [-0.05, 0) is 29.8 Å². The topological polar surface area (TPSA) is 90.0 Å². The maximum atomic E-state index is 12.3. The largest absolute Gasteiger partial charge is 0.463 e. The van der Waals surface area contributed by atoms with Gasteiger partial charge in [0.15, 0.2) is 5.76 Å². The quantitative estimate of drug-likeness (QED) is 0.741. The normalized spacial score (nSPS) is 11.9. The average Bonchev–Trinajstić information content (AvgIpc) is 3.17. The molecule has 3 rings (SSSR count). The molecule has 1 atom stereocenters. The number of aromatic nitrogens is 3. The van der Waals surface area contributed by atoms with E-state index in [1.165, 1.54) is 10.7 Å². The van der Waals surface area contributed by atoms with E-state index in [9.17, 15) is 9.59 Å². The van der Waals surface area contributed by atoms with Crippen LogP contribution in [-0.2, 0) is 17.9 Å². The molecule has 7 heteroatoms. The summed E-state index contributed by atoms with van der Waals surface area (Å²) in [4.78, 5) is 28.3. The molecule has 1 N–H and O–H groups in total. The van der Waals surface area contributed by atoms with Gasteiger partial charge >= 0.3 is 0 Å². The SMILES string of the molecule is C[C@@H](Cn1nc(-c2ccco2)ccc1=O)C(=O)NCc1cccnc1. The van der Waals surface area contributed by atoms with Gasteiger partial charge in [0.1, 0.15) is 5.69 Å². The highest BCUT2D eigenvalue weighted by atomic mass is 16.3. The third-order valence-electron chi connectivity index (χ3n) is 3.72. The minimum atomic E-state index is -0.409. The molecular formula is C18H18N4O3. The number of pyridine rings is 1. The summed E-state index contributed by atoms with van der Waals surface area (Å²) < 4.78 is 6.58. The van der Waals surface area contributed by atoms with Gasteiger partial charge in [0.25, 0.3) is 5.56 Å². The Balaban J connectivity index is 1.66. The summed E-state index contributed by atoms with van der Waals surface area (Å²) in [5.41, 5.74) is 1.20. The van der Waals surface area contributed by atoms with Crippen LogP contribution in [-0.4, -0.2) is 20.7 Å². The summed E-state index contributed by atoms with van der Waals surface area (Å²) in [6.45, 7) is 2.34. The monoisotopic (exact) mass is 338 g/mol. The van der Waals surface area contributed by atoms with E-state index < -0.39 is 5.92 Å². The minimum absolute atomic E-state index is 0.152. The molecule has 0 spiro atoms. The predicted octanol–water partition coefficient (Wildman–Crippen LogP) is 1.85. The van der Waals surface area contributed by atoms with E-state index in [1.54, 1.807) is 43.8 Å². The minimum Gasteiger partial charge on any atom is -0.463 e. The molecular weight excluding hydrogens is 320 g/mol. The summed E-state index contributed by atoms with van der Waals surface area (Å²) >= 11 is 0. The van der Waals surface area contributed by atoms with Crippen molar-refractivity contribution in [2.75, 3.05) is 0 Å². The van der Waals surface area contributed by atoms with Crippen LogP contribution in [0.25, 0.3) is 11.5 Å². The van der Waals surface area contributed by atoms with Crippen molar-refractivity contribution in [2.45, 2.75) is 20.0 Å². The van der Waals surface area contributed by atoms with Crippen molar-refractivity contribution < 1.29 is 9.21 Å².